The van der Waals surface area contributed by atoms with Crippen LogP contribution in [-0.4, -0.2) is 282 Å². The molecule has 2 aliphatic rings. The van der Waals surface area contributed by atoms with E-state index in [1.54, 1.807) is 0 Å². The van der Waals surface area contributed by atoms with E-state index < -0.39 is 41.5 Å². The number of ether oxygens (including phenoxy) is 11. The summed E-state index contributed by atoms with van der Waals surface area (Å²) in [7, 11) is 2.59. The number of benzene rings is 2. The van der Waals surface area contributed by atoms with E-state index >= 15 is 0 Å². The van der Waals surface area contributed by atoms with Crippen LogP contribution < -0.4 is 0 Å². The molecule has 27 nitrogen and oxygen atoms in total. The number of aliphatic hydroxyl groups is 8. The van der Waals surface area contributed by atoms with E-state index in [4.69, 9.17) is 149 Å². The second kappa shape index (κ2) is 92.1. The first kappa shape index (κ1) is 106. The third-order valence-electron chi connectivity index (χ3n) is 11.7. The molecule has 29 heteroatoms. The first-order valence-electron chi connectivity index (χ1n) is 38.0. The average Bonchev–Trinajstić information content (AvgIpc) is 0.900. The largest absolute Gasteiger partial charge is 0.463 e. The molecule has 2 aromatic carbocycles. The maximum atomic E-state index is 10.4. The minimum absolute atomic E-state index is 0. The van der Waals surface area contributed by atoms with Gasteiger partial charge in [0, 0.05) is 75.5 Å². The Hall–Kier alpha value is -5.78. The van der Waals surface area contributed by atoms with E-state index in [9.17, 15) is 4.79 Å². The molecule has 6 atom stereocenters. The van der Waals surface area contributed by atoms with Gasteiger partial charge in [-0.1, -0.05) is 126 Å². The lowest BCUT2D eigenvalue weighted by molar-refractivity contribution is -0.228. The van der Waals surface area contributed by atoms with E-state index in [2.05, 4.69) is 136 Å². The highest BCUT2D eigenvalue weighted by Gasteiger charge is 2.30. The smallest absolute Gasteiger partial charge is 0.302 e. The molecule has 0 amide bonds. The van der Waals surface area contributed by atoms with Crippen LogP contribution in [-0.2, 0) is 75.0 Å². The van der Waals surface area contributed by atoms with Gasteiger partial charge >= 0.3 is 5.97 Å². The quantitative estimate of drug-likeness (QED) is 0.0101. The molecule has 2 aliphatic heterocycles. The molecule has 2 heterocycles. The predicted octanol–water partition coefficient (Wildman–Crippen LogP) is 9.53. The van der Waals surface area contributed by atoms with Crippen LogP contribution in [0.3, 0.4) is 0 Å². The third kappa shape index (κ3) is 73.7. The normalized spacial score (nSPS) is 16.5. The number of nitrogens with zero attached hydrogens (tertiary/aromatic N) is 3. The lowest BCUT2D eigenvalue weighted by atomic mass is 10.2. The Bertz CT molecular complexity index is 2700. The van der Waals surface area contributed by atoms with Gasteiger partial charge < -0.3 is 116 Å². The zero-order valence-electron chi connectivity index (χ0n) is 73.0. The van der Waals surface area contributed by atoms with Crippen LogP contribution in [0.15, 0.2) is 60.7 Å². The molecule has 634 valence electrons. The summed E-state index contributed by atoms with van der Waals surface area (Å²) < 4.78 is 136. The molecule has 0 aliphatic carbocycles. The number of hydrogen-bond donors (Lipinski definition) is 8. The van der Waals surface area contributed by atoms with Crippen molar-refractivity contribution < 1.29 is 121 Å². The molecule has 0 radical (unpaired) electrons. The highest BCUT2D eigenvalue weighted by molar-refractivity contribution is 7.44. The Morgan fingerprint density at radius 2 is 0.900 bits per heavy atom. The van der Waals surface area contributed by atoms with Crippen molar-refractivity contribution in [2.45, 2.75) is 199 Å². The predicted molar refractivity (Wildman–Crippen MR) is 440 cm³/mol. The number of carbonyl (C=O) groups is 1. The summed E-state index contributed by atoms with van der Waals surface area (Å²) in [5.74, 6) is 16.1. The van der Waals surface area contributed by atoms with Crippen LogP contribution >= 0.6 is 17.1 Å². The van der Waals surface area contributed by atoms with Crippen molar-refractivity contribution in [2.24, 2.45) is 0 Å². The molecule has 110 heavy (non-hydrogen) atoms. The van der Waals surface area contributed by atoms with Gasteiger partial charge in [-0.05, 0) is 76.1 Å². The average molecular weight is 1620 g/mol. The lowest BCUT2D eigenvalue weighted by Gasteiger charge is -2.36. The fourth-order valence-corrected chi connectivity index (χ4v) is 10.5. The van der Waals surface area contributed by atoms with Gasteiger partial charge in [0.25, 0.3) is 17.1 Å². The van der Waals surface area contributed by atoms with Gasteiger partial charge in [-0.2, -0.15) is 0 Å². The van der Waals surface area contributed by atoms with Crippen LogP contribution in [0, 0.1) is 93.0 Å². The van der Waals surface area contributed by atoms with E-state index in [0.29, 0.717) is 59.2 Å². The summed E-state index contributed by atoms with van der Waals surface area (Å²) in [5.41, 5.74) is 2.02. The zero-order valence-corrected chi connectivity index (χ0v) is 66.8. The van der Waals surface area contributed by atoms with Crippen molar-refractivity contribution in [1.29, 1.82) is 5.72 Å². The fraction of sp³-hybridized carbons (Fsp3) is 0.654. The Labute approximate surface area is 678 Å². The van der Waals surface area contributed by atoms with Gasteiger partial charge in [0.15, 0.2) is 12.6 Å². The van der Waals surface area contributed by atoms with Crippen LogP contribution in [0.25, 0.3) is 4.85 Å². The summed E-state index contributed by atoms with van der Waals surface area (Å²) in [6.07, 6.45) is 32.6. The van der Waals surface area contributed by atoms with Crippen molar-refractivity contribution >= 4 is 23.0 Å². The molecule has 2 aromatic rings. The van der Waals surface area contributed by atoms with Crippen LogP contribution in [0.5, 0.6) is 0 Å². The van der Waals surface area contributed by atoms with Gasteiger partial charge in [-0.25, -0.2) is 15.9 Å². The molecule has 0 aromatic heterocycles. The van der Waals surface area contributed by atoms with E-state index in [1.807, 2.05) is 60.7 Å². The zero-order chi connectivity index (χ0) is 88.7. The first-order chi connectivity index (χ1) is 55.3. The van der Waals surface area contributed by atoms with Gasteiger partial charge in [-0.3, -0.25) is 4.79 Å². The summed E-state index contributed by atoms with van der Waals surface area (Å²) in [6.45, 7) is 29.0. The number of hydrogen-bond acceptors (Lipinski definition) is 26. The maximum absolute atomic E-state index is 10.4. The monoisotopic (exact) mass is 1610 g/mol. The first-order valence-corrected chi connectivity index (χ1v) is 35.5. The number of terminal acetylenes is 7. The molecule has 0 spiro atoms. The number of carbonyl (C=O) groups excluding carboxylic acids is 1. The topological polar surface area (TPSA) is 328 Å². The molecule has 2 fully saturated rings. The SMILES string of the molecule is C.C.C.C#CCOC(CO)CO.C#CCOC1COC(c2ccccc2)OC1.OC1COC(c2ccccc2)OC1.[2H]CC(COC(C)=O)OCC#C.[2H]CC(COP(OCCC#C)N(C(C)C)C(C)C)OCC#C.[2H]CC(COP(OCC[N+]#[C-])N(C(C)C)C(C)C)OCC#C.[2H]OCC(CO)OCC#C.[3H]C.[3H]OC.[3H]OC.[3H]OC. The number of esters is 1. The van der Waals surface area contributed by atoms with Crippen LogP contribution in [0.2, 0.25) is 0 Å². The lowest BCUT2D eigenvalue weighted by Crippen LogP contribution is -2.34. The second-order valence-electron chi connectivity index (χ2n) is 21.5. The van der Waals surface area contributed by atoms with Gasteiger partial charge in [-0.15, -0.1) is 50.9 Å². The Morgan fingerprint density at radius 3 is 1.21 bits per heavy atom. The molecule has 2 saturated heterocycles. The summed E-state index contributed by atoms with van der Waals surface area (Å²) in [6, 6.07) is 20.6. The second-order valence-corrected chi connectivity index (χ2v) is 24.4. The summed E-state index contributed by atoms with van der Waals surface area (Å²) in [5, 5.41) is 48.9. The minimum atomic E-state index is -1.29. The summed E-state index contributed by atoms with van der Waals surface area (Å²) in [4.78, 5) is 13.7. The van der Waals surface area contributed by atoms with Crippen molar-refractivity contribution in [2.75, 3.05) is 153 Å². The number of aliphatic hydroxyl groups excluding tert-OH is 8. The van der Waals surface area contributed by atoms with E-state index in [0.717, 1.165) is 11.1 Å². The minimum Gasteiger partial charge on any atom is -0.463 e. The Balaban J connectivity index is -0.000000143. The molecule has 0 bridgehead atoms. The highest BCUT2D eigenvalue weighted by atomic mass is 31.2. The van der Waals surface area contributed by atoms with Crippen molar-refractivity contribution in [3.8, 4) is 86.4 Å². The maximum Gasteiger partial charge on any atom is 0.302 e. The molecule has 4 rings (SSSR count). The van der Waals surface area contributed by atoms with Gasteiger partial charge in [0.1, 0.15) is 77.3 Å². The molecule has 8 N–H and O–H groups in total. The highest BCUT2D eigenvalue weighted by Crippen LogP contribution is 2.47. The van der Waals surface area contributed by atoms with Crippen molar-refractivity contribution in [3.63, 3.8) is 0 Å². The van der Waals surface area contributed by atoms with Crippen molar-refractivity contribution in [3.05, 3.63) is 83.2 Å². The Kier molecular flexibility index (Phi) is 89.0. The number of rotatable bonds is 39. The third-order valence-corrected chi connectivity index (χ3v) is 15.8. The van der Waals surface area contributed by atoms with Crippen LogP contribution in [0.4, 0.5) is 0 Å². The molecule has 0 saturated carbocycles. The van der Waals surface area contributed by atoms with Gasteiger partial charge in [0.2, 0.25) is 12.3 Å². The molecular weight excluding hydrogens is 1460 g/mol. The Morgan fingerprint density at radius 1 is 0.564 bits per heavy atom. The fourth-order valence-electron chi connectivity index (χ4n) is 7.28. The summed E-state index contributed by atoms with van der Waals surface area (Å²) >= 11 is 0. The van der Waals surface area contributed by atoms with Crippen LogP contribution in [0.1, 0.15) is 148 Å². The van der Waals surface area contributed by atoms with E-state index in [-0.39, 0.29) is 183 Å². The molecular formula is C81H141N3O24P2. The van der Waals surface area contributed by atoms with E-state index in [1.165, 1.54) is 35.7 Å². The molecule has 6 unspecified atom stereocenters. The van der Waals surface area contributed by atoms with Gasteiger partial charge in [0.05, 0.1) is 91.0 Å². The standard InChI is InChI=1S/C16H28NO3P.C15H27N2O3P.C13H14O3.C10H12O3.C8H12O3.2C6H10O3.3CH4O.4CH4/c1-8-10-12-19-21(17(14(3)4)15(5)6)20-13-16(7)18-11-9-2;1-8-10-18-15(6)12-20-21(19-11-9-16-7)17(13(2)3)14(4)5;1-2-8-14-12-9-15-13(16-10-12)11-6-4-3-5-7-11;11-9-6-12-10(13-7-9)8-4-2-1-3-5-8;1-4-5-10-7(2)6-11-8(3)9;2*1-2-3-9-6(4-7)5-8;3*1-2;;;;/h1-2,14-16H,10-13H2,3-7H3;1,13-15H,9-12H2,2-6H3;1,3-7,12-13H,8-10H2;1-5,9-11H,6-7H2;1,7H,5-6H2,2-3H3;2*1,6-8H,3-5H2;3*2H,1H3;4*1H4/i7D;6D;;;2D;7D;;3*2T;1T;;;. The van der Waals surface area contributed by atoms with Crippen molar-refractivity contribution in [1.82, 2.24) is 9.34 Å².